The molecule has 0 aliphatic heterocycles. The number of hydrogen-bond acceptors (Lipinski definition) is 3. The van der Waals surface area contributed by atoms with E-state index in [1.807, 2.05) is 0 Å². The van der Waals surface area contributed by atoms with Crippen LogP contribution in [0.15, 0.2) is 0 Å². The van der Waals surface area contributed by atoms with Gasteiger partial charge in [-0.15, -0.1) is 0 Å². The van der Waals surface area contributed by atoms with Gasteiger partial charge in [0.2, 0.25) is 0 Å². The molecule has 0 N–H and O–H groups in total. The topological polar surface area (TPSA) is 43.4 Å². The van der Waals surface area contributed by atoms with Crippen LogP contribution >= 0.6 is 0 Å². The number of carbonyl (C=O) groups excluding carboxylic acids is 2. The zero-order valence-electron chi connectivity index (χ0n) is 12.0. The van der Waals surface area contributed by atoms with E-state index < -0.39 is 0 Å². The molecule has 0 amide bonds. The van der Waals surface area contributed by atoms with E-state index in [2.05, 4.69) is 6.92 Å². The van der Waals surface area contributed by atoms with Crippen molar-refractivity contribution in [1.29, 1.82) is 0 Å². The molecule has 0 saturated carbocycles. The second-order valence-electron chi connectivity index (χ2n) is 4.90. The van der Waals surface area contributed by atoms with E-state index in [0.29, 0.717) is 19.4 Å². The fraction of sp³-hybridized carbons (Fsp3) is 0.867. The highest BCUT2D eigenvalue weighted by atomic mass is 16.5. The first-order valence-corrected chi connectivity index (χ1v) is 7.32. The summed E-state index contributed by atoms with van der Waals surface area (Å²) in [6.45, 7) is 4.34. The molecule has 3 heteroatoms. The van der Waals surface area contributed by atoms with E-state index in [0.717, 1.165) is 51.4 Å². The number of ether oxygens (including phenoxy) is 1. The van der Waals surface area contributed by atoms with E-state index in [4.69, 9.17) is 4.74 Å². The Morgan fingerprint density at radius 3 is 2.06 bits per heavy atom. The molecule has 3 nitrogen and oxygen atoms in total. The predicted octanol–water partition coefficient (Wildman–Crippen LogP) is 4.04. The summed E-state index contributed by atoms with van der Waals surface area (Å²) in [6, 6.07) is 0. The molecule has 0 aromatic carbocycles. The van der Waals surface area contributed by atoms with Gasteiger partial charge in [-0.1, -0.05) is 39.0 Å². The van der Waals surface area contributed by atoms with Gasteiger partial charge in [-0.3, -0.25) is 4.79 Å². The Balaban J connectivity index is 3.17. The lowest BCUT2D eigenvalue weighted by molar-refractivity contribution is -0.143. The first-order chi connectivity index (χ1) is 8.66. The minimum absolute atomic E-state index is 0.0603. The number of esters is 1. The molecule has 0 aromatic heterocycles. The second kappa shape index (κ2) is 12.6. The molecule has 0 aromatic rings. The Kier molecular flexibility index (Phi) is 12.0. The first-order valence-electron chi connectivity index (χ1n) is 7.32. The number of hydrogen-bond donors (Lipinski definition) is 0. The van der Waals surface area contributed by atoms with Gasteiger partial charge in [-0.2, -0.15) is 0 Å². The summed E-state index contributed by atoms with van der Waals surface area (Å²) in [5, 5.41) is 0. The maximum atomic E-state index is 11.3. The maximum absolute atomic E-state index is 11.3. The molecule has 0 rings (SSSR count). The molecule has 0 bridgehead atoms. The van der Waals surface area contributed by atoms with Crippen LogP contribution in [-0.2, 0) is 14.3 Å². The fourth-order valence-corrected chi connectivity index (χ4v) is 1.78. The Hall–Kier alpha value is -0.860. The molecule has 0 radical (unpaired) electrons. The van der Waals surface area contributed by atoms with E-state index in [9.17, 15) is 9.59 Å². The van der Waals surface area contributed by atoms with Crippen molar-refractivity contribution in [3.8, 4) is 0 Å². The third-order valence-electron chi connectivity index (χ3n) is 2.92. The molecule has 0 saturated heterocycles. The highest BCUT2D eigenvalue weighted by Crippen LogP contribution is 2.08. The van der Waals surface area contributed by atoms with Crippen molar-refractivity contribution >= 4 is 11.8 Å². The highest BCUT2D eigenvalue weighted by molar-refractivity contribution is 5.75. The lowest BCUT2D eigenvalue weighted by atomic mass is 10.1. The summed E-state index contributed by atoms with van der Waals surface area (Å²) < 4.78 is 5.12. The monoisotopic (exact) mass is 256 g/mol. The van der Waals surface area contributed by atoms with Crippen LogP contribution in [0.3, 0.4) is 0 Å². The number of unbranched alkanes of at least 4 members (excludes halogenated alkanes) is 6. The van der Waals surface area contributed by atoms with Crippen LogP contribution in [-0.4, -0.2) is 18.4 Å². The standard InChI is InChI=1S/C15H28O3/c1-3-4-10-13-18-15(17)12-9-7-5-6-8-11-14(2)16/h3-13H2,1-2H3. The molecule has 0 unspecified atom stereocenters. The number of Topliss-reactive ketones (excluding diaryl/α,β-unsaturated/α-hetero) is 1. The average Bonchev–Trinajstić information content (AvgIpc) is 2.33. The van der Waals surface area contributed by atoms with Gasteiger partial charge in [-0.25, -0.2) is 0 Å². The Morgan fingerprint density at radius 2 is 1.44 bits per heavy atom. The quantitative estimate of drug-likeness (QED) is 0.391. The van der Waals surface area contributed by atoms with Gasteiger partial charge >= 0.3 is 5.97 Å². The molecule has 0 heterocycles. The molecular weight excluding hydrogens is 228 g/mol. The van der Waals surface area contributed by atoms with Crippen molar-refractivity contribution in [2.45, 2.75) is 78.1 Å². The third-order valence-corrected chi connectivity index (χ3v) is 2.92. The molecule has 0 aliphatic carbocycles. The SMILES string of the molecule is CCCCCOC(=O)CCCCCCCC(C)=O. The van der Waals surface area contributed by atoms with Crippen molar-refractivity contribution in [2.75, 3.05) is 6.61 Å². The molecule has 0 atom stereocenters. The van der Waals surface area contributed by atoms with Crippen molar-refractivity contribution in [2.24, 2.45) is 0 Å². The summed E-state index contributed by atoms with van der Waals surface area (Å²) in [7, 11) is 0. The summed E-state index contributed by atoms with van der Waals surface area (Å²) in [6.07, 6.45) is 9.64. The van der Waals surface area contributed by atoms with Crippen LogP contribution in [0.25, 0.3) is 0 Å². The maximum Gasteiger partial charge on any atom is 0.305 e. The van der Waals surface area contributed by atoms with Gasteiger partial charge in [-0.05, 0) is 26.2 Å². The number of rotatable bonds is 12. The van der Waals surface area contributed by atoms with Gasteiger partial charge in [0.1, 0.15) is 5.78 Å². The number of ketones is 1. The van der Waals surface area contributed by atoms with E-state index in [1.54, 1.807) is 6.92 Å². The zero-order chi connectivity index (χ0) is 13.6. The van der Waals surface area contributed by atoms with Gasteiger partial charge < -0.3 is 9.53 Å². The van der Waals surface area contributed by atoms with E-state index in [-0.39, 0.29) is 11.8 Å². The highest BCUT2D eigenvalue weighted by Gasteiger charge is 2.02. The molecule has 106 valence electrons. The Labute approximate surface area is 111 Å². The summed E-state index contributed by atoms with van der Waals surface area (Å²) in [5.41, 5.74) is 0. The largest absolute Gasteiger partial charge is 0.466 e. The van der Waals surface area contributed by atoms with E-state index >= 15 is 0 Å². The van der Waals surface area contributed by atoms with Gasteiger partial charge in [0.05, 0.1) is 6.61 Å². The molecule has 0 aliphatic rings. The predicted molar refractivity (Wildman–Crippen MR) is 73.5 cm³/mol. The Morgan fingerprint density at radius 1 is 0.833 bits per heavy atom. The second-order valence-corrected chi connectivity index (χ2v) is 4.90. The molecule has 18 heavy (non-hydrogen) atoms. The van der Waals surface area contributed by atoms with Crippen LogP contribution in [0.5, 0.6) is 0 Å². The summed E-state index contributed by atoms with van der Waals surface area (Å²) in [4.78, 5) is 22.0. The molecular formula is C15H28O3. The third kappa shape index (κ3) is 13.2. The van der Waals surface area contributed by atoms with Gasteiger partial charge in [0.25, 0.3) is 0 Å². The smallest absolute Gasteiger partial charge is 0.305 e. The number of carbonyl (C=O) groups is 2. The lowest BCUT2D eigenvalue weighted by Gasteiger charge is -2.04. The van der Waals surface area contributed by atoms with Crippen molar-refractivity contribution in [3.05, 3.63) is 0 Å². The first kappa shape index (κ1) is 17.1. The van der Waals surface area contributed by atoms with Crippen molar-refractivity contribution in [3.63, 3.8) is 0 Å². The normalized spacial score (nSPS) is 10.3. The van der Waals surface area contributed by atoms with E-state index in [1.165, 1.54) is 0 Å². The minimum atomic E-state index is -0.0603. The zero-order valence-corrected chi connectivity index (χ0v) is 12.0. The van der Waals surface area contributed by atoms with Crippen molar-refractivity contribution in [1.82, 2.24) is 0 Å². The van der Waals surface area contributed by atoms with Crippen LogP contribution in [0, 0.1) is 0 Å². The van der Waals surface area contributed by atoms with Crippen LogP contribution in [0.2, 0.25) is 0 Å². The average molecular weight is 256 g/mol. The van der Waals surface area contributed by atoms with Gasteiger partial charge in [0, 0.05) is 12.8 Å². The van der Waals surface area contributed by atoms with Crippen LogP contribution in [0.4, 0.5) is 0 Å². The van der Waals surface area contributed by atoms with Gasteiger partial charge in [0.15, 0.2) is 0 Å². The van der Waals surface area contributed by atoms with Crippen LogP contribution < -0.4 is 0 Å². The Bertz CT molecular complexity index is 224. The fourth-order valence-electron chi connectivity index (χ4n) is 1.78. The lowest BCUT2D eigenvalue weighted by Crippen LogP contribution is -2.05. The minimum Gasteiger partial charge on any atom is -0.466 e. The van der Waals surface area contributed by atoms with Crippen molar-refractivity contribution < 1.29 is 14.3 Å². The summed E-state index contributed by atoms with van der Waals surface area (Å²) in [5.74, 6) is 0.209. The molecule has 0 spiro atoms. The molecule has 0 fully saturated rings. The summed E-state index contributed by atoms with van der Waals surface area (Å²) >= 11 is 0. The van der Waals surface area contributed by atoms with Crippen LogP contribution in [0.1, 0.15) is 78.1 Å².